The van der Waals surface area contributed by atoms with Crippen LogP contribution >= 0.6 is 0 Å². The van der Waals surface area contributed by atoms with Crippen LogP contribution in [0.25, 0.3) is 0 Å². The van der Waals surface area contributed by atoms with E-state index < -0.39 is 24.0 Å². The molecule has 0 atom stereocenters. The second-order valence-electron chi connectivity index (χ2n) is 7.64. The molecule has 1 spiro atoms. The summed E-state index contributed by atoms with van der Waals surface area (Å²) in [5.74, 6) is 0.122. The van der Waals surface area contributed by atoms with Gasteiger partial charge in [-0.3, -0.25) is 4.79 Å². The Balaban J connectivity index is 1.61. The van der Waals surface area contributed by atoms with Gasteiger partial charge in [-0.05, 0) is 56.2 Å². The van der Waals surface area contributed by atoms with Crippen molar-refractivity contribution in [3.8, 4) is 0 Å². The highest BCUT2D eigenvalue weighted by molar-refractivity contribution is 6.00. The summed E-state index contributed by atoms with van der Waals surface area (Å²) in [5.41, 5.74) is 0.626. The van der Waals surface area contributed by atoms with Crippen molar-refractivity contribution >= 4 is 11.6 Å². The Morgan fingerprint density at radius 1 is 1.15 bits per heavy atom. The van der Waals surface area contributed by atoms with Gasteiger partial charge in [0.1, 0.15) is 6.61 Å². The second kappa shape index (κ2) is 7.61. The van der Waals surface area contributed by atoms with Crippen molar-refractivity contribution in [3.05, 3.63) is 29.8 Å². The highest BCUT2D eigenvalue weighted by Crippen LogP contribution is 2.48. The van der Waals surface area contributed by atoms with Crippen molar-refractivity contribution in [2.75, 3.05) is 24.7 Å². The SMILES string of the molecule is CCc1ccc(N2CC[C@]3(CC[C@@](O)(COCC(F)F)CC3)C2=O)cc1. The van der Waals surface area contributed by atoms with E-state index in [2.05, 4.69) is 6.92 Å². The molecule has 0 bridgehead atoms. The lowest BCUT2D eigenvalue weighted by atomic mass is 9.68. The smallest absolute Gasteiger partial charge is 0.261 e. The van der Waals surface area contributed by atoms with Gasteiger partial charge in [0.25, 0.3) is 6.43 Å². The highest BCUT2D eigenvalue weighted by Gasteiger charge is 2.51. The number of hydrogen-bond acceptors (Lipinski definition) is 3. The fraction of sp³-hybridized carbons (Fsp3) is 0.650. The van der Waals surface area contributed by atoms with Crippen LogP contribution in [0.4, 0.5) is 14.5 Å². The molecule has 1 aliphatic heterocycles. The third kappa shape index (κ3) is 3.91. The number of nitrogens with zero attached hydrogens (tertiary/aromatic N) is 1. The predicted molar refractivity (Wildman–Crippen MR) is 95.5 cm³/mol. The molecular formula is C20H27F2NO3. The molecule has 26 heavy (non-hydrogen) atoms. The average Bonchev–Trinajstić information content (AvgIpc) is 2.94. The van der Waals surface area contributed by atoms with Gasteiger partial charge >= 0.3 is 0 Å². The number of alkyl halides is 2. The normalized spacial score (nSPS) is 29.1. The first-order valence-corrected chi connectivity index (χ1v) is 9.37. The Bertz CT molecular complexity index is 624. The molecular weight excluding hydrogens is 340 g/mol. The van der Waals surface area contributed by atoms with E-state index in [4.69, 9.17) is 4.74 Å². The summed E-state index contributed by atoms with van der Waals surface area (Å²) in [7, 11) is 0. The molecule has 0 aromatic heterocycles. The Morgan fingerprint density at radius 3 is 2.38 bits per heavy atom. The Labute approximate surface area is 153 Å². The molecule has 1 aromatic carbocycles. The van der Waals surface area contributed by atoms with E-state index in [0.29, 0.717) is 32.2 Å². The number of aryl methyl sites for hydroxylation is 1. The topological polar surface area (TPSA) is 49.8 Å². The van der Waals surface area contributed by atoms with Crippen LogP contribution in [0.1, 0.15) is 44.6 Å². The van der Waals surface area contributed by atoms with Gasteiger partial charge in [-0.2, -0.15) is 0 Å². The maximum absolute atomic E-state index is 13.1. The molecule has 3 rings (SSSR count). The predicted octanol–water partition coefficient (Wildman–Crippen LogP) is 3.56. The lowest BCUT2D eigenvalue weighted by Gasteiger charge is -2.40. The third-order valence-electron chi connectivity index (χ3n) is 5.92. The van der Waals surface area contributed by atoms with Gasteiger partial charge in [0.05, 0.1) is 17.6 Å². The van der Waals surface area contributed by atoms with E-state index in [9.17, 15) is 18.7 Å². The molecule has 6 heteroatoms. The molecule has 1 saturated heterocycles. The monoisotopic (exact) mass is 367 g/mol. The van der Waals surface area contributed by atoms with Crippen LogP contribution < -0.4 is 4.90 Å². The van der Waals surface area contributed by atoms with E-state index in [1.165, 1.54) is 5.56 Å². The first-order valence-electron chi connectivity index (χ1n) is 9.37. The molecule has 4 nitrogen and oxygen atoms in total. The van der Waals surface area contributed by atoms with Crippen LogP contribution in [0, 0.1) is 5.41 Å². The van der Waals surface area contributed by atoms with Crippen LogP contribution in [-0.4, -0.2) is 42.8 Å². The number of amides is 1. The summed E-state index contributed by atoms with van der Waals surface area (Å²) in [6.07, 6.45) is 1.17. The molecule has 1 N–H and O–H groups in total. The highest BCUT2D eigenvalue weighted by atomic mass is 19.3. The van der Waals surface area contributed by atoms with E-state index >= 15 is 0 Å². The minimum Gasteiger partial charge on any atom is -0.387 e. The lowest BCUT2D eigenvalue weighted by Crippen LogP contribution is -2.46. The van der Waals surface area contributed by atoms with Gasteiger partial charge in [-0.1, -0.05) is 19.1 Å². The number of carbonyl (C=O) groups excluding carboxylic acids is 1. The van der Waals surface area contributed by atoms with Crippen molar-refractivity contribution in [2.24, 2.45) is 5.41 Å². The average molecular weight is 367 g/mol. The molecule has 2 aliphatic rings. The van der Waals surface area contributed by atoms with Crippen molar-refractivity contribution < 1.29 is 23.4 Å². The van der Waals surface area contributed by atoms with Crippen LogP contribution in [0.2, 0.25) is 0 Å². The number of benzene rings is 1. The molecule has 1 aliphatic carbocycles. The maximum Gasteiger partial charge on any atom is 0.261 e. The number of rotatable bonds is 6. The Hall–Kier alpha value is -1.53. The third-order valence-corrected chi connectivity index (χ3v) is 5.92. The molecule has 1 heterocycles. The van der Waals surface area contributed by atoms with Gasteiger partial charge in [0, 0.05) is 12.2 Å². The number of halogens is 2. The van der Waals surface area contributed by atoms with Gasteiger partial charge in [0.15, 0.2) is 0 Å². The first-order chi connectivity index (χ1) is 12.4. The number of carbonyl (C=O) groups is 1. The fourth-order valence-corrected chi connectivity index (χ4v) is 4.12. The number of ether oxygens (including phenoxy) is 1. The van der Waals surface area contributed by atoms with Crippen LogP contribution in [0.3, 0.4) is 0 Å². The number of anilines is 1. The fourth-order valence-electron chi connectivity index (χ4n) is 4.12. The molecule has 0 radical (unpaired) electrons. The van der Waals surface area contributed by atoms with Gasteiger partial charge in [-0.25, -0.2) is 8.78 Å². The van der Waals surface area contributed by atoms with Crippen LogP contribution in [0.15, 0.2) is 24.3 Å². The van der Waals surface area contributed by atoms with Crippen LogP contribution in [0.5, 0.6) is 0 Å². The van der Waals surface area contributed by atoms with E-state index in [-0.39, 0.29) is 12.5 Å². The molecule has 144 valence electrons. The molecule has 1 saturated carbocycles. The van der Waals surface area contributed by atoms with E-state index in [0.717, 1.165) is 18.5 Å². The van der Waals surface area contributed by atoms with Crippen molar-refractivity contribution in [2.45, 2.75) is 57.5 Å². The zero-order chi connectivity index (χ0) is 18.8. The van der Waals surface area contributed by atoms with Crippen molar-refractivity contribution in [1.82, 2.24) is 0 Å². The minimum absolute atomic E-state index is 0.0934. The zero-order valence-corrected chi connectivity index (χ0v) is 15.2. The molecule has 0 unspecified atom stereocenters. The molecule has 1 aromatic rings. The summed E-state index contributed by atoms with van der Waals surface area (Å²) in [5, 5.41) is 10.6. The summed E-state index contributed by atoms with van der Waals surface area (Å²) < 4.78 is 29.3. The van der Waals surface area contributed by atoms with Gasteiger partial charge in [0.2, 0.25) is 5.91 Å². The minimum atomic E-state index is -2.53. The van der Waals surface area contributed by atoms with E-state index in [1.54, 1.807) is 0 Å². The van der Waals surface area contributed by atoms with Gasteiger partial charge < -0.3 is 14.7 Å². The van der Waals surface area contributed by atoms with Crippen LogP contribution in [-0.2, 0) is 16.0 Å². The quantitative estimate of drug-likeness (QED) is 0.836. The summed E-state index contributed by atoms with van der Waals surface area (Å²) >= 11 is 0. The summed E-state index contributed by atoms with van der Waals surface area (Å²) in [6.45, 7) is 2.03. The Morgan fingerprint density at radius 2 is 1.81 bits per heavy atom. The molecule has 1 amide bonds. The maximum atomic E-state index is 13.1. The van der Waals surface area contributed by atoms with Gasteiger partial charge in [-0.15, -0.1) is 0 Å². The zero-order valence-electron chi connectivity index (χ0n) is 15.2. The summed E-state index contributed by atoms with van der Waals surface area (Å²) in [4.78, 5) is 14.9. The lowest BCUT2D eigenvalue weighted by molar-refractivity contribution is -0.135. The molecule has 2 fully saturated rings. The second-order valence-corrected chi connectivity index (χ2v) is 7.64. The first kappa shape index (κ1) is 19.2. The largest absolute Gasteiger partial charge is 0.387 e. The Kier molecular flexibility index (Phi) is 5.63. The standard InChI is InChI=1S/C20H27F2NO3/c1-2-15-3-5-16(6-4-15)23-12-11-19(18(23)24)7-9-20(25,10-8-19)14-26-13-17(21)22/h3-6,17,25H,2,7-14H2,1H3/t19-,20+. The summed E-state index contributed by atoms with van der Waals surface area (Å²) in [6, 6.07) is 8.08. The number of hydrogen-bond donors (Lipinski definition) is 1. The van der Waals surface area contributed by atoms with E-state index in [1.807, 2.05) is 29.2 Å². The van der Waals surface area contributed by atoms with Crippen molar-refractivity contribution in [1.29, 1.82) is 0 Å². The van der Waals surface area contributed by atoms with Crippen molar-refractivity contribution in [3.63, 3.8) is 0 Å². The number of aliphatic hydroxyl groups is 1.